The number of rotatable bonds is 5. The predicted octanol–water partition coefficient (Wildman–Crippen LogP) is 5.82. The summed E-state index contributed by atoms with van der Waals surface area (Å²) in [4.78, 5) is 15.1. The van der Waals surface area contributed by atoms with Gasteiger partial charge >= 0.3 is 0 Å². The molecule has 2 N–H and O–H groups in total. The van der Waals surface area contributed by atoms with Crippen molar-refractivity contribution in [3.8, 4) is 11.5 Å². The molecule has 3 atom stereocenters. The number of hydrogen-bond donors (Lipinski definition) is 2. The molecular weight excluding hydrogens is 398 g/mol. The number of fused-ring (bicyclic) bond motifs is 2. The zero-order valence-corrected chi connectivity index (χ0v) is 18.3. The quantitative estimate of drug-likeness (QED) is 0.505. The number of hydrogen-bond acceptors (Lipinski definition) is 3. The minimum atomic E-state index is -0.132. The molecule has 4 nitrogen and oxygen atoms in total. The zero-order chi connectivity index (χ0) is 22.2. The molecule has 0 saturated heterocycles. The molecule has 2 bridgehead atoms. The molecule has 2 aliphatic rings. The normalized spacial score (nSPS) is 21.8. The fraction of sp³-hybridized carbons (Fsp3) is 0.321. The van der Waals surface area contributed by atoms with Gasteiger partial charge in [-0.2, -0.15) is 0 Å². The van der Waals surface area contributed by atoms with E-state index in [1.165, 1.54) is 19.3 Å². The van der Waals surface area contributed by atoms with Crippen LogP contribution in [-0.2, 0) is 4.79 Å². The van der Waals surface area contributed by atoms with E-state index in [1.54, 1.807) is 31.2 Å². The summed E-state index contributed by atoms with van der Waals surface area (Å²) in [6, 6.07) is 23.0. The number of amides is 1. The number of aromatic hydroxyl groups is 2. The zero-order valence-electron chi connectivity index (χ0n) is 18.3. The Hall–Kier alpha value is -3.27. The molecule has 0 spiro atoms. The van der Waals surface area contributed by atoms with E-state index in [1.807, 2.05) is 41.3 Å². The van der Waals surface area contributed by atoms with Gasteiger partial charge in [0.1, 0.15) is 11.5 Å². The van der Waals surface area contributed by atoms with Crippen LogP contribution in [0.1, 0.15) is 55.2 Å². The fourth-order valence-electron chi connectivity index (χ4n) is 5.95. The molecule has 3 aromatic rings. The third kappa shape index (κ3) is 3.75. The SMILES string of the molecule is CC(=O)N(c1ccccc1C(c1ccc(O)cc1)c1ccc(O)cc1)C1CC2CCC1C2. The van der Waals surface area contributed by atoms with Crippen molar-refractivity contribution < 1.29 is 15.0 Å². The Morgan fingerprint density at radius 1 is 0.844 bits per heavy atom. The van der Waals surface area contributed by atoms with Crippen LogP contribution in [0.5, 0.6) is 11.5 Å². The number of phenolic OH excluding ortho intramolecular Hbond substituents is 2. The summed E-state index contributed by atoms with van der Waals surface area (Å²) < 4.78 is 0. The summed E-state index contributed by atoms with van der Waals surface area (Å²) in [6.07, 6.45) is 4.82. The lowest BCUT2D eigenvalue weighted by atomic mass is 9.83. The van der Waals surface area contributed by atoms with Gasteiger partial charge in [0.05, 0.1) is 0 Å². The van der Waals surface area contributed by atoms with E-state index in [-0.39, 0.29) is 29.4 Å². The van der Waals surface area contributed by atoms with Crippen molar-refractivity contribution in [2.75, 3.05) is 4.90 Å². The maximum absolute atomic E-state index is 13.0. The average Bonchev–Trinajstić information content (AvgIpc) is 3.41. The Kier molecular flexibility index (Phi) is 5.38. The van der Waals surface area contributed by atoms with E-state index in [0.717, 1.165) is 34.7 Å². The van der Waals surface area contributed by atoms with E-state index in [9.17, 15) is 15.0 Å². The largest absolute Gasteiger partial charge is 0.508 e. The number of phenols is 2. The van der Waals surface area contributed by atoms with E-state index in [2.05, 4.69) is 12.1 Å². The Morgan fingerprint density at radius 3 is 1.94 bits per heavy atom. The number of para-hydroxylation sites is 1. The maximum Gasteiger partial charge on any atom is 0.224 e. The summed E-state index contributed by atoms with van der Waals surface area (Å²) in [5.41, 5.74) is 4.07. The van der Waals surface area contributed by atoms with Crippen molar-refractivity contribution in [3.63, 3.8) is 0 Å². The van der Waals surface area contributed by atoms with Gasteiger partial charge in [0.2, 0.25) is 5.91 Å². The van der Waals surface area contributed by atoms with E-state index >= 15 is 0 Å². The van der Waals surface area contributed by atoms with Crippen LogP contribution in [0.15, 0.2) is 72.8 Å². The Morgan fingerprint density at radius 2 is 1.44 bits per heavy atom. The summed E-state index contributed by atoms with van der Waals surface area (Å²) in [7, 11) is 0. The first-order valence-electron chi connectivity index (χ1n) is 11.5. The molecule has 32 heavy (non-hydrogen) atoms. The topological polar surface area (TPSA) is 60.8 Å². The van der Waals surface area contributed by atoms with Crippen molar-refractivity contribution in [1.82, 2.24) is 0 Å². The van der Waals surface area contributed by atoms with Crippen LogP contribution < -0.4 is 4.90 Å². The van der Waals surface area contributed by atoms with Gasteiger partial charge < -0.3 is 15.1 Å². The van der Waals surface area contributed by atoms with Crippen molar-refractivity contribution in [2.45, 2.75) is 44.6 Å². The third-order valence-electron chi connectivity index (χ3n) is 7.33. The van der Waals surface area contributed by atoms with Crippen LogP contribution in [0.3, 0.4) is 0 Å². The monoisotopic (exact) mass is 427 g/mol. The molecule has 0 radical (unpaired) electrons. The van der Waals surface area contributed by atoms with Crippen LogP contribution in [0.2, 0.25) is 0 Å². The highest BCUT2D eigenvalue weighted by Gasteiger charge is 2.44. The molecule has 0 heterocycles. The minimum Gasteiger partial charge on any atom is -0.508 e. The van der Waals surface area contributed by atoms with Crippen molar-refractivity contribution in [1.29, 1.82) is 0 Å². The van der Waals surface area contributed by atoms with Crippen LogP contribution in [0.4, 0.5) is 5.69 Å². The molecule has 164 valence electrons. The molecule has 5 rings (SSSR count). The number of anilines is 1. The minimum absolute atomic E-state index is 0.0881. The fourth-order valence-corrected chi connectivity index (χ4v) is 5.95. The summed E-state index contributed by atoms with van der Waals surface area (Å²) in [5.74, 6) is 1.72. The second-order valence-corrected chi connectivity index (χ2v) is 9.31. The Bertz CT molecular complexity index is 1060. The van der Waals surface area contributed by atoms with Crippen molar-refractivity contribution in [3.05, 3.63) is 89.5 Å². The molecule has 4 heteroatoms. The number of benzene rings is 3. The second-order valence-electron chi connectivity index (χ2n) is 9.31. The Labute approximate surface area is 189 Å². The highest BCUT2D eigenvalue weighted by atomic mass is 16.3. The average molecular weight is 428 g/mol. The third-order valence-corrected chi connectivity index (χ3v) is 7.33. The van der Waals surface area contributed by atoms with Crippen LogP contribution in [-0.4, -0.2) is 22.2 Å². The van der Waals surface area contributed by atoms with Gasteiger partial charge in [-0.15, -0.1) is 0 Å². The predicted molar refractivity (Wildman–Crippen MR) is 126 cm³/mol. The highest BCUT2D eigenvalue weighted by Crippen LogP contribution is 2.49. The molecule has 0 aliphatic heterocycles. The lowest BCUT2D eigenvalue weighted by Gasteiger charge is -2.36. The number of carbonyl (C=O) groups is 1. The first-order chi connectivity index (χ1) is 15.5. The second kappa shape index (κ2) is 8.34. The lowest BCUT2D eigenvalue weighted by Crippen LogP contribution is -2.43. The molecule has 3 unspecified atom stereocenters. The van der Waals surface area contributed by atoms with Gasteiger partial charge in [-0.25, -0.2) is 0 Å². The summed E-state index contributed by atoms with van der Waals surface area (Å²) in [6.45, 7) is 1.68. The van der Waals surface area contributed by atoms with Gasteiger partial charge in [-0.05, 0) is 78.1 Å². The number of nitrogens with zero attached hydrogens (tertiary/aromatic N) is 1. The molecule has 0 aromatic heterocycles. The molecule has 2 saturated carbocycles. The molecule has 2 fully saturated rings. The summed E-state index contributed by atoms with van der Waals surface area (Å²) >= 11 is 0. The Balaban J connectivity index is 1.64. The van der Waals surface area contributed by atoms with E-state index in [0.29, 0.717) is 5.92 Å². The maximum atomic E-state index is 13.0. The van der Waals surface area contributed by atoms with E-state index < -0.39 is 0 Å². The van der Waals surface area contributed by atoms with Crippen LogP contribution in [0, 0.1) is 11.8 Å². The van der Waals surface area contributed by atoms with Crippen molar-refractivity contribution >= 4 is 11.6 Å². The molecule has 2 aliphatic carbocycles. The molecule has 3 aromatic carbocycles. The smallest absolute Gasteiger partial charge is 0.224 e. The number of carbonyl (C=O) groups excluding carboxylic acids is 1. The highest BCUT2D eigenvalue weighted by molar-refractivity contribution is 5.93. The van der Waals surface area contributed by atoms with Gasteiger partial charge in [-0.1, -0.05) is 48.9 Å². The van der Waals surface area contributed by atoms with E-state index in [4.69, 9.17) is 0 Å². The van der Waals surface area contributed by atoms with Crippen LogP contribution in [0.25, 0.3) is 0 Å². The van der Waals surface area contributed by atoms with Crippen molar-refractivity contribution in [2.24, 2.45) is 11.8 Å². The molecular formula is C28H29NO3. The standard InChI is InChI=1S/C28H29NO3/c1-18(30)29(27-17-19-6-7-22(27)16-19)26-5-3-2-4-25(26)28(20-8-12-23(31)13-9-20)21-10-14-24(32)15-11-21/h2-5,8-15,19,22,27-28,31-32H,6-7,16-17H2,1H3. The first-order valence-corrected chi connectivity index (χ1v) is 11.5. The lowest BCUT2D eigenvalue weighted by molar-refractivity contribution is -0.117. The van der Waals surface area contributed by atoms with Gasteiger partial charge in [0, 0.05) is 24.6 Å². The van der Waals surface area contributed by atoms with Gasteiger partial charge in [0.25, 0.3) is 0 Å². The first kappa shape index (κ1) is 20.6. The summed E-state index contributed by atoms with van der Waals surface area (Å²) in [5, 5.41) is 19.7. The van der Waals surface area contributed by atoms with Crippen LogP contribution >= 0.6 is 0 Å². The van der Waals surface area contributed by atoms with Gasteiger partial charge in [0.15, 0.2) is 0 Å². The molecule has 1 amide bonds. The van der Waals surface area contributed by atoms with Gasteiger partial charge in [-0.3, -0.25) is 4.79 Å².